The Hall–Kier alpha value is -2.24. The third-order valence-electron chi connectivity index (χ3n) is 2.98. The van der Waals surface area contributed by atoms with E-state index in [1.165, 1.54) is 4.90 Å². The van der Waals surface area contributed by atoms with Crippen molar-refractivity contribution in [2.45, 2.75) is 0 Å². The van der Waals surface area contributed by atoms with Gasteiger partial charge in [0.1, 0.15) is 10.9 Å². The first-order chi connectivity index (χ1) is 10.2. The molecule has 2 heterocycles. The summed E-state index contributed by atoms with van der Waals surface area (Å²) in [5, 5.41) is 3.59. The number of carbonyl (C=O) groups is 1. The van der Waals surface area contributed by atoms with Gasteiger partial charge in [0.05, 0.1) is 5.69 Å². The lowest BCUT2D eigenvalue weighted by Gasteiger charge is -2.13. The molecule has 1 aliphatic heterocycles. The van der Waals surface area contributed by atoms with E-state index in [-0.39, 0.29) is 5.91 Å². The summed E-state index contributed by atoms with van der Waals surface area (Å²) in [4.78, 5) is 17.9. The van der Waals surface area contributed by atoms with Crippen molar-refractivity contribution < 1.29 is 4.79 Å². The number of amides is 1. The summed E-state index contributed by atoms with van der Waals surface area (Å²) < 4.78 is 0. The second kappa shape index (κ2) is 5.63. The maximum absolute atomic E-state index is 12.5. The standard InChI is InChI=1S/C15H10ClN3OS/c16-13-10(5-4-8-17-13)9-12-14(20)19(15(21)18-12)11-6-2-1-3-7-11/h1-9H,(H,18,21). The maximum atomic E-state index is 12.5. The Balaban J connectivity index is 1.96. The second-order valence-electron chi connectivity index (χ2n) is 4.35. The lowest BCUT2D eigenvalue weighted by atomic mass is 10.2. The molecule has 104 valence electrons. The van der Waals surface area contributed by atoms with Crippen molar-refractivity contribution in [3.8, 4) is 0 Å². The van der Waals surface area contributed by atoms with Gasteiger partial charge >= 0.3 is 0 Å². The predicted molar refractivity (Wildman–Crippen MR) is 86.9 cm³/mol. The molecule has 21 heavy (non-hydrogen) atoms. The number of carbonyl (C=O) groups excluding carboxylic acids is 1. The highest BCUT2D eigenvalue weighted by atomic mass is 35.5. The number of para-hydroxylation sites is 1. The van der Waals surface area contributed by atoms with Gasteiger partial charge in [-0.3, -0.25) is 9.69 Å². The Morgan fingerprint density at radius 1 is 1.19 bits per heavy atom. The van der Waals surface area contributed by atoms with Crippen molar-refractivity contribution in [1.29, 1.82) is 0 Å². The minimum atomic E-state index is -0.217. The third-order valence-corrected chi connectivity index (χ3v) is 3.58. The highest BCUT2D eigenvalue weighted by molar-refractivity contribution is 7.80. The van der Waals surface area contributed by atoms with Crippen molar-refractivity contribution in [3.63, 3.8) is 0 Å². The van der Waals surface area contributed by atoms with E-state index in [9.17, 15) is 4.79 Å². The van der Waals surface area contributed by atoms with Gasteiger partial charge in [0.15, 0.2) is 5.11 Å². The zero-order valence-electron chi connectivity index (χ0n) is 10.8. The van der Waals surface area contributed by atoms with Gasteiger partial charge in [-0.2, -0.15) is 0 Å². The monoisotopic (exact) mass is 315 g/mol. The van der Waals surface area contributed by atoms with Crippen LogP contribution in [0.4, 0.5) is 5.69 Å². The molecule has 1 saturated heterocycles. The summed E-state index contributed by atoms with van der Waals surface area (Å²) in [6.45, 7) is 0. The number of nitrogens with zero attached hydrogens (tertiary/aromatic N) is 2. The number of pyridine rings is 1. The average molecular weight is 316 g/mol. The van der Waals surface area contributed by atoms with Gasteiger partial charge in [-0.05, 0) is 36.5 Å². The van der Waals surface area contributed by atoms with Crippen LogP contribution in [0, 0.1) is 0 Å². The molecule has 3 rings (SSSR count). The number of hydrogen-bond donors (Lipinski definition) is 1. The van der Waals surface area contributed by atoms with Crippen LogP contribution in [-0.2, 0) is 4.79 Å². The summed E-state index contributed by atoms with van der Waals surface area (Å²) in [7, 11) is 0. The summed E-state index contributed by atoms with van der Waals surface area (Å²) in [5.41, 5.74) is 1.76. The quantitative estimate of drug-likeness (QED) is 0.526. The van der Waals surface area contributed by atoms with Crippen molar-refractivity contribution in [1.82, 2.24) is 10.3 Å². The smallest absolute Gasteiger partial charge is 0.281 e. The number of aromatic nitrogens is 1. The molecular formula is C15H10ClN3OS. The molecular weight excluding hydrogens is 306 g/mol. The molecule has 2 aromatic rings. The number of halogens is 1. The Labute approximate surface area is 132 Å². The Kier molecular flexibility index (Phi) is 3.68. The van der Waals surface area contributed by atoms with Crippen LogP contribution >= 0.6 is 23.8 Å². The summed E-state index contributed by atoms with van der Waals surface area (Å²) in [6.07, 6.45) is 3.24. The molecule has 1 fully saturated rings. The van der Waals surface area contributed by atoms with Crippen molar-refractivity contribution in [2.24, 2.45) is 0 Å². The van der Waals surface area contributed by atoms with E-state index in [1.54, 1.807) is 24.4 Å². The van der Waals surface area contributed by atoms with Crippen molar-refractivity contribution >= 4 is 46.6 Å². The molecule has 1 amide bonds. The number of rotatable bonds is 2. The molecule has 1 aromatic heterocycles. The molecule has 1 aliphatic rings. The Morgan fingerprint density at radius 2 is 1.95 bits per heavy atom. The van der Waals surface area contributed by atoms with Gasteiger partial charge in [-0.15, -0.1) is 0 Å². The Morgan fingerprint density at radius 3 is 2.67 bits per heavy atom. The van der Waals surface area contributed by atoms with Crippen LogP contribution in [0.5, 0.6) is 0 Å². The fourth-order valence-corrected chi connectivity index (χ4v) is 2.48. The van der Waals surface area contributed by atoms with Crippen LogP contribution in [0.3, 0.4) is 0 Å². The molecule has 0 bridgehead atoms. The zero-order chi connectivity index (χ0) is 14.8. The van der Waals surface area contributed by atoms with Gasteiger partial charge < -0.3 is 5.32 Å². The predicted octanol–water partition coefficient (Wildman–Crippen LogP) is 3.00. The first-order valence-electron chi connectivity index (χ1n) is 6.19. The van der Waals surface area contributed by atoms with Crippen LogP contribution in [0.1, 0.15) is 5.56 Å². The summed E-state index contributed by atoms with van der Waals surface area (Å²) in [5.74, 6) is -0.217. The van der Waals surface area contributed by atoms with Crippen LogP contribution in [0.25, 0.3) is 6.08 Å². The van der Waals surface area contributed by atoms with E-state index in [2.05, 4.69) is 10.3 Å². The van der Waals surface area contributed by atoms with E-state index < -0.39 is 0 Å². The summed E-state index contributed by atoms with van der Waals surface area (Å²) in [6, 6.07) is 12.8. The second-order valence-corrected chi connectivity index (χ2v) is 5.09. The molecule has 0 radical (unpaired) electrons. The van der Waals surface area contributed by atoms with Gasteiger partial charge in [0.2, 0.25) is 0 Å². The highest BCUT2D eigenvalue weighted by Crippen LogP contribution is 2.23. The van der Waals surface area contributed by atoms with Crippen molar-refractivity contribution in [3.05, 3.63) is 65.1 Å². The maximum Gasteiger partial charge on any atom is 0.281 e. The molecule has 0 unspecified atom stereocenters. The van der Waals surface area contributed by atoms with E-state index in [4.69, 9.17) is 23.8 Å². The topological polar surface area (TPSA) is 45.2 Å². The fraction of sp³-hybridized carbons (Fsp3) is 0. The first kappa shape index (κ1) is 13.7. The molecule has 0 atom stereocenters. The number of hydrogen-bond acceptors (Lipinski definition) is 3. The highest BCUT2D eigenvalue weighted by Gasteiger charge is 2.31. The molecule has 1 N–H and O–H groups in total. The van der Waals surface area contributed by atoms with E-state index in [1.807, 2.05) is 30.3 Å². The van der Waals surface area contributed by atoms with Crippen molar-refractivity contribution in [2.75, 3.05) is 4.90 Å². The SMILES string of the molecule is O=C1C(=Cc2cccnc2Cl)NC(=S)N1c1ccccc1. The number of benzene rings is 1. The van der Waals surface area contributed by atoms with Crippen LogP contribution in [0.2, 0.25) is 5.15 Å². The van der Waals surface area contributed by atoms with E-state index >= 15 is 0 Å². The van der Waals surface area contributed by atoms with Crippen LogP contribution in [-0.4, -0.2) is 16.0 Å². The van der Waals surface area contributed by atoms with Crippen LogP contribution < -0.4 is 10.2 Å². The molecule has 1 aromatic carbocycles. The lowest BCUT2D eigenvalue weighted by Crippen LogP contribution is -2.30. The fourth-order valence-electron chi connectivity index (χ4n) is 2.01. The van der Waals surface area contributed by atoms with Gasteiger partial charge in [0, 0.05) is 11.8 Å². The normalized spacial score (nSPS) is 16.4. The van der Waals surface area contributed by atoms with Gasteiger partial charge in [-0.25, -0.2) is 4.98 Å². The number of anilines is 1. The van der Waals surface area contributed by atoms with Gasteiger partial charge in [0.25, 0.3) is 5.91 Å². The summed E-state index contributed by atoms with van der Waals surface area (Å²) >= 11 is 11.2. The van der Waals surface area contributed by atoms with E-state index in [0.29, 0.717) is 21.5 Å². The van der Waals surface area contributed by atoms with Crippen LogP contribution in [0.15, 0.2) is 54.4 Å². The number of thiocarbonyl (C=S) groups is 1. The minimum absolute atomic E-state index is 0.217. The largest absolute Gasteiger partial charge is 0.327 e. The molecule has 6 heteroatoms. The first-order valence-corrected chi connectivity index (χ1v) is 6.98. The molecule has 0 saturated carbocycles. The lowest BCUT2D eigenvalue weighted by molar-refractivity contribution is -0.113. The average Bonchev–Trinajstić information content (AvgIpc) is 2.77. The van der Waals surface area contributed by atoms with E-state index in [0.717, 1.165) is 5.69 Å². The third kappa shape index (κ3) is 2.66. The molecule has 4 nitrogen and oxygen atoms in total. The Bertz CT molecular complexity index is 746. The zero-order valence-corrected chi connectivity index (χ0v) is 12.4. The molecule has 0 spiro atoms. The molecule has 0 aliphatic carbocycles. The minimum Gasteiger partial charge on any atom is -0.327 e. The van der Waals surface area contributed by atoms with Gasteiger partial charge in [-0.1, -0.05) is 35.9 Å². The number of nitrogens with one attached hydrogen (secondary N) is 1.